The third kappa shape index (κ3) is 5.67. The van der Waals surface area contributed by atoms with Crippen molar-refractivity contribution < 1.29 is 18.0 Å². The molecular weight excluding hydrogens is 341 g/mol. The molecule has 1 aromatic rings. The number of alkyl halides is 3. The molecule has 1 fully saturated rings. The molecule has 0 aliphatic heterocycles. The van der Waals surface area contributed by atoms with Crippen LogP contribution in [0.1, 0.15) is 43.9 Å². The molecule has 0 radical (unpaired) electrons. The molecule has 0 spiro atoms. The van der Waals surface area contributed by atoms with Crippen molar-refractivity contribution in [1.29, 1.82) is 0 Å². The van der Waals surface area contributed by atoms with Crippen molar-refractivity contribution in [2.24, 2.45) is 5.92 Å². The summed E-state index contributed by atoms with van der Waals surface area (Å²) in [6, 6.07) is 4.80. The number of amides is 1. The summed E-state index contributed by atoms with van der Waals surface area (Å²) in [7, 11) is 0. The van der Waals surface area contributed by atoms with E-state index >= 15 is 0 Å². The lowest BCUT2D eigenvalue weighted by Crippen LogP contribution is -2.40. The standard InChI is InChI=1S/C17H23F3N2O.ClH/c1-3-22(16(23)11-21-10-13-7-8-13)12(2)14-5-4-6-15(9-14)17(18,19)20;/h4-6,9,12-13,21H,3,7-8,10-11H2,1-2H3;1H. The Morgan fingerprint density at radius 3 is 2.58 bits per heavy atom. The van der Waals surface area contributed by atoms with Crippen LogP contribution in [0.5, 0.6) is 0 Å². The molecule has 1 amide bonds. The van der Waals surface area contributed by atoms with Crippen molar-refractivity contribution >= 4 is 18.3 Å². The molecule has 0 saturated heterocycles. The van der Waals surface area contributed by atoms with Crippen molar-refractivity contribution in [2.75, 3.05) is 19.6 Å². The van der Waals surface area contributed by atoms with Crippen LogP contribution >= 0.6 is 12.4 Å². The summed E-state index contributed by atoms with van der Waals surface area (Å²) in [6.07, 6.45) is -1.96. The largest absolute Gasteiger partial charge is 0.416 e. The minimum atomic E-state index is -4.37. The Hall–Kier alpha value is -1.27. The van der Waals surface area contributed by atoms with E-state index in [1.54, 1.807) is 17.9 Å². The Kier molecular flexibility index (Phi) is 7.55. The second-order valence-corrected chi connectivity index (χ2v) is 6.05. The average molecular weight is 365 g/mol. The first-order chi connectivity index (χ1) is 10.8. The van der Waals surface area contributed by atoms with Gasteiger partial charge in [0.15, 0.2) is 0 Å². The first-order valence-corrected chi connectivity index (χ1v) is 8.00. The topological polar surface area (TPSA) is 32.3 Å². The first-order valence-electron chi connectivity index (χ1n) is 8.00. The SMILES string of the molecule is CCN(C(=O)CNCC1CC1)C(C)c1cccc(C(F)(F)F)c1.Cl. The number of carbonyl (C=O) groups is 1. The van der Waals surface area contributed by atoms with E-state index in [4.69, 9.17) is 0 Å². The highest BCUT2D eigenvalue weighted by atomic mass is 35.5. The third-order valence-electron chi connectivity index (χ3n) is 4.23. The summed E-state index contributed by atoms with van der Waals surface area (Å²) < 4.78 is 38.5. The van der Waals surface area contributed by atoms with Gasteiger partial charge in [0.05, 0.1) is 18.2 Å². The van der Waals surface area contributed by atoms with Crippen LogP contribution in [0.15, 0.2) is 24.3 Å². The van der Waals surface area contributed by atoms with Crippen molar-refractivity contribution in [3.05, 3.63) is 35.4 Å². The van der Waals surface area contributed by atoms with E-state index in [0.29, 0.717) is 18.0 Å². The Morgan fingerprint density at radius 2 is 2.04 bits per heavy atom. The number of rotatable bonds is 7. The number of nitrogens with one attached hydrogen (secondary N) is 1. The summed E-state index contributed by atoms with van der Waals surface area (Å²) >= 11 is 0. The lowest BCUT2D eigenvalue weighted by molar-refractivity contribution is -0.137. The highest BCUT2D eigenvalue weighted by molar-refractivity contribution is 5.85. The van der Waals surface area contributed by atoms with Crippen LogP contribution in [0.4, 0.5) is 13.2 Å². The van der Waals surface area contributed by atoms with Gasteiger partial charge in [0.1, 0.15) is 0 Å². The molecule has 3 nitrogen and oxygen atoms in total. The van der Waals surface area contributed by atoms with Gasteiger partial charge in [0, 0.05) is 6.54 Å². The van der Waals surface area contributed by atoms with Crippen LogP contribution in [-0.2, 0) is 11.0 Å². The number of hydrogen-bond acceptors (Lipinski definition) is 2. The maximum atomic E-state index is 12.8. The minimum Gasteiger partial charge on any atom is -0.335 e. The normalized spacial score (nSPS) is 15.5. The maximum absolute atomic E-state index is 12.8. The molecule has 1 aliphatic carbocycles. The van der Waals surface area contributed by atoms with Crippen LogP contribution in [0.2, 0.25) is 0 Å². The average Bonchev–Trinajstić information content (AvgIpc) is 3.31. The van der Waals surface area contributed by atoms with Gasteiger partial charge in [-0.25, -0.2) is 0 Å². The summed E-state index contributed by atoms with van der Waals surface area (Å²) in [6.45, 7) is 5.12. The second kappa shape index (κ2) is 8.72. The lowest BCUT2D eigenvalue weighted by Gasteiger charge is -2.29. The summed E-state index contributed by atoms with van der Waals surface area (Å²) in [5.41, 5.74) is -0.186. The van der Waals surface area contributed by atoms with Crippen molar-refractivity contribution in [2.45, 2.75) is 38.9 Å². The molecule has 1 atom stereocenters. The summed E-state index contributed by atoms with van der Waals surface area (Å²) in [4.78, 5) is 13.9. The quantitative estimate of drug-likeness (QED) is 0.792. The molecule has 24 heavy (non-hydrogen) atoms. The lowest BCUT2D eigenvalue weighted by atomic mass is 10.0. The molecule has 1 aromatic carbocycles. The summed E-state index contributed by atoms with van der Waals surface area (Å²) in [5.74, 6) is 0.594. The van der Waals surface area contributed by atoms with E-state index in [2.05, 4.69) is 5.32 Å². The molecule has 1 aliphatic rings. The third-order valence-corrected chi connectivity index (χ3v) is 4.23. The molecule has 136 valence electrons. The Labute approximate surface area is 147 Å². The molecule has 1 unspecified atom stereocenters. The van der Waals surface area contributed by atoms with Gasteiger partial charge < -0.3 is 10.2 Å². The fraction of sp³-hybridized carbons (Fsp3) is 0.588. The van der Waals surface area contributed by atoms with Gasteiger partial charge in [0.2, 0.25) is 5.91 Å². The van der Waals surface area contributed by atoms with E-state index < -0.39 is 17.8 Å². The fourth-order valence-corrected chi connectivity index (χ4v) is 2.63. The van der Waals surface area contributed by atoms with Crippen molar-refractivity contribution in [1.82, 2.24) is 10.2 Å². The van der Waals surface area contributed by atoms with E-state index in [0.717, 1.165) is 18.7 Å². The van der Waals surface area contributed by atoms with E-state index in [9.17, 15) is 18.0 Å². The molecule has 1 saturated carbocycles. The number of likely N-dealkylation sites (N-methyl/N-ethyl adjacent to an activating group) is 1. The molecule has 7 heteroatoms. The molecule has 0 heterocycles. The van der Waals surface area contributed by atoms with Gasteiger partial charge in [-0.1, -0.05) is 12.1 Å². The van der Waals surface area contributed by atoms with Gasteiger partial charge in [-0.05, 0) is 56.8 Å². The highest BCUT2D eigenvalue weighted by Crippen LogP contribution is 2.32. The van der Waals surface area contributed by atoms with E-state index in [1.807, 2.05) is 6.92 Å². The van der Waals surface area contributed by atoms with Gasteiger partial charge >= 0.3 is 6.18 Å². The molecule has 0 aromatic heterocycles. The molecular formula is C17H24ClF3N2O. The zero-order chi connectivity index (χ0) is 17.0. The van der Waals surface area contributed by atoms with Crippen LogP contribution in [-0.4, -0.2) is 30.4 Å². The van der Waals surface area contributed by atoms with Crippen LogP contribution in [0, 0.1) is 5.92 Å². The van der Waals surface area contributed by atoms with E-state index in [1.165, 1.54) is 18.9 Å². The predicted molar refractivity (Wildman–Crippen MR) is 90.1 cm³/mol. The number of halogens is 4. The second-order valence-electron chi connectivity index (χ2n) is 6.05. The number of benzene rings is 1. The summed E-state index contributed by atoms with van der Waals surface area (Å²) in [5, 5.41) is 3.13. The number of carbonyl (C=O) groups excluding carboxylic acids is 1. The smallest absolute Gasteiger partial charge is 0.335 e. The zero-order valence-electron chi connectivity index (χ0n) is 13.9. The Bertz CT molecular complexity index is 547. The molecule has 0 bridgehead atoms. The zero-order valence-corrected chi connectivity index (χ0v) is 14.7. The van der Waals surface area contributed by atoms with Gasteiger partial charge in [-0.3, -0.25) is 4.79 Å². The van der Waals surface area contributed by atoms with Crippen LogP contribution in [0.25, 0.3) is 0 Å². The van der Waals surface area contributed by atoms with Crippen LogP contribution < -0.4 is 5.32 Å². The van der Waals surface area contributed by atoms with E-state index in [-0.39, 0.29) is 24.9 Å². The van der Waals surface area contributed by atoms with Gasteiger partial charge in [0.25, 0.3) is 0 Å². The van der Waals surface area contributed by atoms with Crippen molar-refractivity contribution in [3.63, 3.8) is 0 Å². The monoisotopic (exact) mass is 364 g/mol. The van der Waals surface area contributed by atoms with Crippen molar-refractivity contribution in [3.8, 4) is 0 Å². The minimum absolute atomic E-state index is 0. The van der Waals surface area contributed by atoms with Crippen LogP contribution in [0.3, 0.4) is 0 Å². The molecule has 2 rings (SSSR count). The number of hydrogen-bond donors (Lipinski definition) is 1. The molecule has 1 N–H and O–H groups in total. The van der Waals surface area contributed by atoms with Gasteiger partial charge in [-0.15, -0.1) is 12.4 Å². The predicted octanol–water partition coefficient (Wildman–Crippen LogP) is 4.04. The van der Waals surface area contributed by atoms with Gasteiger partial charge in [-0.2, -0.15) is 13.2 Å². The highest BCUT2D eigenvalue weighted by Gasteiger charge is 2.31. The first kappa shape index (κ1) is 20.8. The maximum Gasteiger partial charge on any atom is 0.416 e. The fourth-order valence-electron chi connectivity index (χ4n) is 2.63. The Morgan fingerprint density at radius 1 is 1.38 bits per heavy atom. The number of nitrogens with zero attached hydrogens (tertiary/aromatic N) is 1. The Balaban J connectivity index is 0.00000288.